The Morgan fingerprint density at radius 1 is 1.08 bits per heavy atom. The van der Waals surface area contributed by atoms with E-state index >= 15 is 0 Å². The molecule has 2 aromatic rings. The normalized spacial score (nSPS) is 12.2. The van der Waals surface area contributed by atoms with E-state index in [1.54, 1.807) is 12.1 Å². The zero-order valence-corrected chi connectivity index (χ0v) is 16.4. The Kier molecular flexibility index (Phi) is 7.80. The molecule has 1 unspecified atom stereocenters. The first-order valence-corrected chi connectivity index (χ1v) is 9.19. The van der Waals surface area contributed by atoms with Crippen molar-refractivity contribution in [1.82, 2.24) is 0 Å². The predicted molar refractivity (Wildman–Crippen MR) is 108 cm³/mol. The Bertz CT molecular complexity index is 740. The summed E-state index contributed by atoms with van der Waals surface area (Å²) < 4.78 is 12.0. The van der Waals surface area contributed by atoms with E-state index in [0.29, 0.717) is 23.5 Å². The second kappa shape index (κ2) is 9.13. The molecule has 0 saturated carbocycles. The van der Waals surface area contributed by atoms with Crippen molar-refractivity contribution in [2.45, 2.75) is 37.8 Å². The van der Waals surface area contributed by atoms with Crippen LogP contribution in [0.1, 0.15) is 42.3 Å². The molecule has 0 spiro atoms. The Balaban J connectivity index is 0.00000312. The van der Waals surface area contributed by atoms with Crippen molar-refractivity contribution in [3.63, 3.8) is 0 Å². The second-order valence-electron chi connectivity index (χ2n) is 6.66. The fraction of sp³-hybridized carbons (Fsp3) is 0.316. The maximum Gasteiger partial charge on any atom is 0.255 e. The van der Waals surface area contributed by atoms with Gasteiger partial charge in [-0.2, -0.15) is 0 Å². The number of carbonyl (C=O) groups is 1. The number of rotatable bonds is 5. The number of halogens is 1. The summed E-state index contributed by atoms with van der Waals surface area (Å²) in [6.07, 6.45) is 0. The number of benzene rings is 2. The smallest absolute Gasteiger partial charge is 0.255 e. The van der Waals surface area contributed by atoms with Gasteiger partial charge in [0.15, 0.2) is 0 Å². The number of amides is 1. The van der Waals surface area contributed by atoms with E-state index in [0.717, 1.165) is 11.1 Å². The summed E-state index contributed by atoms with van der Waals surface area (Å²) in [5.41, 5.74) is 8.77. The molecule has 0 bridgehead atoms. The maximum atomic E-state index is 12.3. The second-order valence-corrected chi connectivity index (χ2v) is 8.86. The number of nitrogens with one attached hydrogen (secondary N) is 1. The third kappa shape index (κ3) is 6.27. The van der Waals surface area contributed by atoms with Crippen molar-refractivity contribution in [3.8, 4) is 0 Å². The standard InChI is InChI=1S/C19H24N2O2S.ClH/c1-19(2,3)24(23)13-15-5-4-6-17(11-15)21-18(22)16-9-7-14(12-20)8-10-16;/h4-11H,12-13,20H2,1-3H3,(H,21,22);1H. The fourth-order valence-electron chi connectivity index (χ4n) is 2.10. The quantitative estimate of drug-likeness (QED) is 0.827. The molecule has 1 atom stereocenters. The Hall–Kier alpha value is -1.69. The minimum Gasteiger partial charge on any atom is -0.326 e. The van der Waals surface area contributed by atoms with Gasteiger partial charge in [0.2, 0.25) is 0 Å². The van der Waals surface area contributed by atoms with E-state index < -0.39 is 10.8 Å². The SMILES string of the molecule is CC(C)(C)S(=O)Cc1cccc(NC(=O)c2ccc(CN)cc2)c1.Cl. The summed E-state index contributed by atoms with van der Waals surface area (Å²) in [5, 5.41) is 2.88. The number of hydrogen-bond acceptors (Lipinski definition) is 3. The van der Waals surface area contributed by atoms with Crippen LogP contribution in [0.3, 0.4) is 0 Å². The van der Waals surface area contributed by atoms with Crippen molar-refractivity contribution in [1.29, 1.82) is 0 Å². The van der Waals surface area contributed by atoms with Gasteiger partial charge in [-0.15, -0.1) is 12.4 Å². The van der Waals surface area contributed by atoms with Gasteiger partial charge < -0.3 is 11.1 Å². The highest BCUT2D eigenvalue weighted by atomic mass is 35.5. The average molecular weight is 381 g/mol. The number of anilines is 1. The lowest BCUT2D eigenvalue weighted by Gasteiger charge is -2.18. The first-order chi connectivity index (χ1) is 11.3. The van der Waals surface area contributed by atoms with Crippen LogP contribution < -0.4 is 11.1 Å². The Morgan fingerprint density at radius 3 is 2.28 bits per heavy atom. The molecule has 0 aliphatic rings. The highest BCUT2D eigenvalue weighted by molar-refractivity contribution is 7.85. The molecule has 0 aliphatic heterocycles. The molecular weight excluding hydrogens is 356 g/mol. The van der Waals surface area contributed by atoms with Crippen LogP contribution in [0.15, 0.2) is 48.5 Å². The van der Waals surface area contributed by atoms with E-state index in [9.17, 15) is 9.00 Å². The maximum absolute atomic E-state index is 12.3. The van der Waals surface area contributed by atoms with Gasteiger partial charge in [-0.05, 0) is 56.2 Å². The zero-order valence-electron chi connectivity index (χ0n) is 14.7. The molecule has 0 radical (unpaired) electrons. The van der Waals surface area contributed by atoms with Gasteiger partial charge in [-0.25, -0.2) is 0 Å². The summed E-state index contributed by atoms with van der Waals surface area (Å²) in [7, 11) is -0.974. The van der Waals surface area contributed by atoms with Crippen molar-refractivity contribution < 1.29 is 9.00 Å². The average Bonchev–Trinajstić information content (AvgIpc) is 2.54. The summed E-state index contributed by atoms with van der Waals surface area (Å²) in [6.45, 7) is 6.33. The minimum absolute atomic E-state index is 0. The molecule has 0 heterocycles. The van der Waals surface area contributed by atoms with Gasteiger partial charge in [0.05, 0.1) is 0 Å². The molecule has 1 amide bonds. The van der Waals surface area contributed by atoms with Gasteiger partial charge in [0.1, 0.15) is 0 Å². The van der Waals surface area contributed by atoms with Gasteiger partial charge >= 0.3 is 0 Å². The van der Waals surface area contributed by atoms with Crippen LogP contribution in [-0.4, -0.2) is 14.9 Å². The van der Waals surface area contributed by atoms with E-state index in [1.165, 1.54) is 0 Å². The molecule has 0 saturated heterocycles. The van der Waals surface area contributed by atoms with Crippen molar-refractivity contribution in [2.24, 2.45) is 5.73 Å². The van der Waals surface area contributed by atoms with E-state index in [2.05, 4.69) is 5.32 Å². The summed E-state index contributed by atoms with van der Waals surface area (Å²) >= 11 is 0. The Labute approximate surface area is 158 Å². The monoisotopic (exact) mass is 380 g/mol. The lowest BCUT2D eigenvalue weighted by molar-refractivity contribution is 0.102. The van der Waals surface area contributed by atoms with Crippen molar-refractivity contribution >= 4 is 34.8 Å². The van der Waals surface area contributed by atoms with Gasteiger partial charge in [-0.3, -0.25) is 9.00 Å². The van der Waals surface area contributed by atoms with Crippen LogP contribution in [0.5, 0.6) is 0 Å². The molecule has 3 N–H and O–H groups in total. The van der Waals surface area contributed by atoms with Crippen LogP contribution in [0.4, 0.5) is 5.69 Å². The van der Waals surface area contributed by atoms with Crippen LogP contribution in [0, 0.1) is 0 Å². The largest absolute Gasteiger partial charge is 0.326 e. The molecule has 25 heavy (non-hydrogen) atoms. The van der Waals surface area contributed by atoms with Crippen molar-refractivity contribution in [2.75, 3.05) is 5.32 Å². The third-order valence-corrected chi connectivity index (χ3v) is 5.58. The minimum atomic E-state index is -0.974. The lowest BCUT2D eigenvalue weighted by atomic mass is 10.1. The fourth-order valence-corrected chi connectivity index (χ4v) is 3.02. The van der Waals surface area contributed by atoms with Gasteiger partial charge in [-0.1, -0.05) is 24.3 Å². The van der Waals surface area contributed by atoms with Crippen LogP contribution in [0.2, 0.25) is 0 Å². The number of nitrogens with two attached hydrogens (primary N) is 1. The topological polar surface area (TPSA) is 72.2 Å². The van der Waals surface area contributed by atoms with Crippen molar-refractivity contribution in [3.05, 3.63) is 65.2 Å². The highest BCUT2D eigenvalue weighted by Gasteiger charge is 2.19. The first kappa shape index (κ1) is 21.4. The summed E-state index contributed by atoms with van der Waals surface area (Å²) in [4.78, 5) is 12.3. The summed E-state index contributed by atoms with van der Waals surface area (Å²) in [6, 6.07) is 14.7. The van der Waals surface area contributed by atoms with Crippen LogP contribution in [0.25, 0.3) is 0 Å². The molecule has 0 aliphatic carbocycles. The summed E-state index contributed by atoms with van der Waals surface area (Å²) in [5.74, 6) is 0.297. The molecule has 136 valence electrons. The molecule has 4 nitrogen and oxygen atoms in total. The molecular formula is C19H25ClN2O2S. The van der Waals surface area contributed by atoms with Gasteiger partial charge in [0, 0.05) is 39.1 Å². The lowest BCUT2D eigenvalue weighted by Crippen LogP contribution is -2.23. The van der Waals surface area contributed by atoms with E-state index in [-0.39, 0.29) is 23.1 Å². The molecule has 2 rings (SSSR count). The number of hydrogen-bond donors (Lipinski definition) is 2. The van der Waals surface area contributed by atoms with Crippen LogP contribution >= 0.6 is 12.4 Å². The number of carbonyl (C=O) groups excluding carboxylic acids is 1. The molecule has 6 heteroatoms. The van der Waals surface area contributed by atoms with E-state index in [4.69, 9.17) is 5.73 Å². The zero-order chi connectivity index (χ0) is 17.7. The molecule has 0 aromatic heterocycles. The first-order valence-electron chi connectivity index (χ1n) is 7.87. The molecule has 0 fully saturated rings. The predicted octanol–water partition coefficient (Wildman–Crippen LogP) is 3.87. The van der Waals surface area contributed by atoms with Crippen LogP contribution in [-0.2, 0) is 23.1 Å². The van der Waals surface area contributed by atoms with Gasteiger partial charge in [0.25, 0.3) is 5.91 Å². The highest BCUT2D eigenvalue weighted by Crippen LogP contribution is 2.19. The van der Waals surface area contributed by atoms with E-state index in [1.807, 2.05) is 57.2 Å². The third-order valence-electron chi connectivity index (χ3n) is 3.62. The Morgan fingerprint density at radius 2 is 1.72 bits per heavy atom. The molecule has 2 aromatic carbocycles.